The Labute approximate surface area is 98.1 Å². The predicted molar refractivity (Wildman–Crippen MR) is 63.0 cm³/mol. The minimum atomic E-state index is -0.416. The lowest BCUT2D eigenvalue weighted by atomic mass is 10.0. The molecule has 0 radical (unpaired) electrons. The molecule has 0 saturated carbocycles. The molecule has 0 bridgehead atoms. The van der Waals surface area contributed by atoms with Gasteiger partial charge in [-0.15, -0.1) is 0 Å². The van der Waals surface area contributed by atoms with E-state index in [0.717, 1.165) is 10.8 Å². The summed E-state index contributed by atoms with van der Waals surface area (Å²) in [6, 6.07) is 7.95. The van der Waals surface area contributed by atoms with Gasteiger partial charge in [-0.2, -0.15) is 0 Å². The summed E-state index contributed by atoms with van der Waals surface area (Å²) in [6.45, 7) is 0. The molecule has 4 nitrogen and oxygen atoms in total. The second-order valence-electron chi connectivity index (χ2n) is 3.72. The molecule has 0 saturated heterocycles. The highest BCUT2D eigenvalue weighted by Gasteiger charge is 2.12. The van der Waals surface area contributed by atoms with Crippen LogP contribution >= 0.6 is 0 Å². The van der Waals surface area contributed by atoms with E-state index < -0.39 is 5.97 Å². The van der Waals surface area contributed by atoms with E-state index in [1.54, 1.807) is 18.2 Å². The van der Waals surface area contributed by atoms with Crippen LogP contribution in [0.4, 0.5) is 0 Å². The maximum absolute atomic E-state index is 11.3. The summed E-state index contributed by atoms with van der Waals surface area (Å²) >= 11 is 0. The molecule has 0 spiro atoms. The first kappa shape index (κ1) is 11.3. The summed E-state index contributed by atoms with van der Waals surface area (Å²) in [4.78, 5) is 11.3. The number of rotatable bonds is 2. The van der Waals surface area contributed by atoms with E-state index in [0.29, 0.717) is 5.56 Å². The van der Waals surface area contributed by atoms with E-state index >= 15 is 0 Å². The number of methoxy groups -OCH3 is 1. The number of fused-ring (bicyclic) bond motifs is 1. The van der Waals surface area contributed by atoms with Crippen molar-refractivity contribution >= 4 is 16.7 Å². The highest BCUT2D eigenvalue weighted by atomic mass is 16.5. The molecule has 0 unspecified atom stereocenters. The third-order valence-electron chi connectivity index (χ3n) is 2.64. The van der Waals surface area contributed by atoms with Crippen LogP contribution in [-0.2, 0) is 16.0 Å². The fraction of sp³-hybridized carbons (Fsp3) is 0.154. The highest BCUT2D eigenvalue weighted by Crippen LogP contribution is 2.29. The third-order valence-corrected chi connectivity index (χ3v) is 2.64. The predicted octanol–water partition coefficient (Wildman–Crippen LogP) is 1.97. The Morgan fingerprint density at radius 2 is 2.00 bits per heavy atom. The molecular formula is C13H12O4. The number of phenols is 2. The van der Waals surface area contributed by atoms with Crippen LogP contribution in [0.3, 0.4) is 0 Å². The Kier molecular flexibility index (Phi) is 2.87. The Morgan fingerprint density at radius 3 is 2.71 bits per heavy atom. The van der Waals surface area contributed by atoms with Gasteiger partial charge in [0.05, 0.1) is 13.5 Å². The fourth-order valence-electron chi connectivity index (χ4n) is 1.77. The number of phenolic OH excluding ortho intramolecular Hbond substituents is 2. The molecular weight excluding hydrogens is 220 g/mol. The largest absolute Gasteiger partial charge is 0.508 e. The number of aromatic hydroxyl groups is 2. The van der Waals surface area contributed by atoms with Gasteiger partial charge in [-0.3, -0.25) is 4.79 Å². The van der Waals surface area contributed by atoms with Gasteiger partial charge in [0.2, 0.25) is 0 Å². The Balaban J connectivity index is 2.59. The maximum atomic E-state index is 11.3. The quantitative estimate of drug-likeness (QED) is 0.777. The van der Waals surface area contributed by atoms with E-state index in [-0.39, 0.29) is 17.9 Å². The van der Waals surface area contributed by atoms with Gasteiger partial charge in [0.1, 0.15) is 11.5 Å². The van der Waals surface area contributed by atoms with Crippen molar-refractivity contribution in [3.8, 4) is 11.5 Å². The van der Waals surface area contributed by atoms with Crippen LogP contribution in [0.15, 0.2) is 30.3 Å². The molecule has 0 amide bonds. The summed E-state index contributed by atoms with van der Waals surface area (Å²) < 4.78 is 4.58. The van der Waals surface area contributed by atoms with Crippen LogP contribution in [0.2, 0.25) is 0 Å². The molecule has 88 valence electrons. The molecule has 2 aromatic carbocycles. The molecule has 2 aromatic rings. The third kappa shape index (κ3) is 2.15. The van der Waals surface area contributed by atoms with Gasteiger partial charge in [0, 0.05) is 5.56 Å². The number of hydrogen-bond donors (Lipinski definition) is 2. The molecule has 0 aliphatic carbocycles. The van der Waals surface area contributed by atoms with Crippen LogP contribution in [-0.4, -0.2) is 23.3 Å². The van der Waals surface area contributed by atoms with Crippen molar-refractivity contribution in [3.05, 3.63) is 35.9 Å². The first-order chi connectivity index (χ1) is 8.11. The maximum Gasteiger partial charge on any atom is 0.310 e. The number of benzene rings is 2. The van der Waals surface area contributed by atoms with Crippen LogP contribution in [0.25, 0.3) is 10.8 Å². The zero-order valence-electron chi connectivity index (χ0n) is 9.30. The zero-order chi connectivity index (χ0) is 12.4. The standard InChI is InChI=1S/C13H12O4/c1-17-13(16)7-11-10-4-3-9(14)6-8(10)2-5-12(11)15/h2-6,14-15H,7H2,1H3. The van der Waals surface area contributed by atoms with Crippen molar-refractivity contribution in [3.63, 3.8) is 0 Å². The van der Waals surface area contributed by atoms with Crippen molar-refractivity contribution in [1.82, 2.24) is 0 Å². The first-order valence-corrected chi connectivity index (χ1v) is 5.12. The zero-order valence-corrected chi connectivity index (χ0v) is 9.30. The number of carbonyl (C=O) groups excluding carboxylic acids is 1. The molecule has 0 heterocycles. The van der Waals surface area contributed by atoms with E-state index in [9.17, 15) is 15.0 Å². The van der Waals surface area contributed by atoms with Crippen LogP contribution in [0.1, 0.15) is 5.56 Å². The van der Waals surface area contributed by atoms with Gasteiger partial charge >= 0.3 is 5.97 Å². The van der Waals surface area contributed by atoms with Gasteiger partial charge in [0.15, 0.2) is 0 Å². The number of ether oxygens (including phenoxy) is 1. The minimum Gasteiger partial charge on any atom is -0.508 e. The Bertz CT molecular complexity index is 575. The van der Waals surface area contributed by atoms with Crippen molar-refractivity contribution in [1.29, 1.82) is 0 Å². The Morgan fingerprint density at radius 1 is 1.24 bits per heavy atom. The summed E-state index contributed by atoms with van der Waals surface area (Å²) in [7, 11) is 1.30. The lowest BCUT2D eigenvalue weighted by Gasteiger charge is -2.08. The van der Waals surface area contributed by atoms with Gasteiger partial charge in [0.25, 0.3) is 0 Å². The van der Waals surface area contributed by atoms with Crippen molar-refractivity contribution < 1.29 is 19.7 Å². The van der Waals surface area contributed by atoms with Crippen molar-refractivity contribution in [2.24, 2.45) is 0 Å². The molecule has 17 heavy (non-hydrogen) atoms. The molecule has 2 rings (SSSR count). The number of carbonyl (C=O) groups is 1. The van der Waals surface area contributed by atoms with E-state index in [1.165, 1.54) is 19.2 Å². The number of esters is 1. The summed E-state index contributed by atoms with van der Waals surface area (Å²) in [5.74, 6) is -0.221. The molecule has 0 atom stereocenters. The summed E-state index contributed by atoms with van der Waals surface area (Å²) in [6.07, 6.45) is 0.00441. The molecule has 0 aromatic heterocycles. The fourth-order valence-corrected chi connectivity index (χ4v) is 1.77. The van der Waals surface area contributed by atoms with Crippen LogP contribution < -0.4 is 0 Å². The molecule has 2 N–H and O–H groups in total. The van der Waals surface area contributed by atoms with E-state index in [1.807, 2.05) is 0 Å². The second-order valence-corrected chi connectivity index (χ2v) is 3.72. The lowest BCUT2D eigenvalue weighted by molar-refractivity contribution is -0.139. The SMILES string of the molecule is COC(=O)Cc1c(O)ccc2cc(O)ccc12. The average Bonchev–Trinajstić information content (AvgIpc) is 2.32. The summed E-state index contributed by atoms with van der Waals surface area (Å²) in [5, 5.41) is 20.6. The van der Waals surface area contributed by atoms with Crippen molar-refractivity contribution in [2.45, 2.75) is 6.42 Å². The van der Waals surface area contributed by atoms with Gasteiger partial charge in [-0.05, 0) is 29.0 Å². The average molecular weight is 232 g/mol. The van der Waals surface area contributed by atoms with Gasteiger partial charge in [-0.1, -0.05) is 12.1 Å². The molecule has 0 fully saturated rings. The normalized spacial score (nSPS) is 10.4. The van der Waals surface area contributed by atoms with E-state index in [4.69, 9.17) is 0 Å². The van der Waals surface area contributed by atoms with Gasteiger partial charge < -0.3 is 14.9 Å². The Hall–Kier alpha value is -2.23. The second kappa shape index (κ2) is 4.33. The van der Waals surface area contributed by atoms with Crippen LogP contribution in [0, 0.1) is 0 Å². The van der Waals surface area contributed by atoms with Crippen molar-refractivity contribution in [2.75, 3.05) is 7.11 Å². The van der Waals surface area contributed by atoms with Gasteiger partial charge in [-0.25, -0.2) is 0 Å². The highest BCUT2D eigenvalue weighted by molar-refractivity contribution is 5.91. The van der Waals surface area contributed by atoms with Crippen LogP contribution in [0.5, 0.6) is 11.5 Å². The number of hydrogen-bond acceptors (Lipinski definition) is 4. The smallest absolute Gasteiger partial charge is 0.310 e. The monoisotopic (exact) mass is 232 g/mol. The molecule has 0 aliphatic rings. The topological polar surface area (TPSA) is 66.8 Å². The first-order valence-electron chi connectivity index (χ1n) is 5.12. The molecule has 4 heteroatoms. The van der Waals surface area contributed by atoms with E-state index in [2.05, 4.69) is 4.74 Å². The lowest BCUT2D eigenvalue weighted by Crippen LogP contribution is -2.05. The minimum absolute atomic E-state index is 0.00441. The summed E-state index contributed by atoms with van der Waals surface area (Å²) in [5.41, 5.74) is 0.509. The molecule has 0 aliphatic heterocycles.